The lowest BCUT2D eigenvalue weighted by molar-refractivity contribution is -0.870. The second-order valence-corrected chi connectivity index (χ2v) is 16.7. The Balaban J connectivity index is 0. The van der Waals surface area contributed by atoms with Crippen molar-refractivity contribution in [2.75, 3.05) is 40.9 Å². The van der Waals surface area contributed by atoms with E-state index in [0.717, 1.165) is 38.5 Å². The van der Waals surface area contributed by atoms with Crippen molar-refractivity contribution in [3.05, 3.63) is 0 Å². The highest BCUT2D eigenvalue weighted by Crippen LogP contribution is 2.35. The molecule has 2 atom stereocenters. The van der Waals surface area contributed by atoms with Gasteiger partial charge in [0.25, 0.3) is 0 Å². The molecule has 4 N–H and O–H groups in total. The molecule has 2 unspecified atom stereocenters. The summed E-state index contributed by atoms with van der Waals surface area (Å²) >= 11 is 0. The number of ether oxygens (including phenoxy) is 1. The third-order valence-electron chi connectivity index (χ3n) is 9.15. The summed E-state index contributed by atoms with van der Waals surface area (Å²) in [6.45, 7) is 4.58. The number of carbonyl (C=O) groups is 2. The number of phosphoric ester groups is 1. The first-order valence-corrected chi connectivity index (χ1v) is 22.3. The Morgan fingerprint density at radius 2 is 0.922 bits per heavy atom. The Morgan fingerprint density at radius 1 is 0.588 bits per heavy atom. The van der Waals surface area contributed by atoms with E-state index < -0.39 is 32.6 Å². The summed E-state index contributed by atoms with van der Waals surface area (Å²) in [5.41, 5.74) is 0. The number of Topliss-reactive ketones (excluding diaryl/α,β-unsaturated/α-hetero) is 1. The van der Waals surface area contributed by atoms with Crippen molar-refractivity contribution in [2.24, 2.45) is 0 Å². The van der Waals surface area contributed by atoms with Gasteiger partial charge in [-0.25, -0.2) is 4.57 Å². The van der Waals surface area contributed by atoms with Gasteiger partial charge in [-0.3, -0.25) is 14.1 Å². The van der Waals surface area contributed by atoms with Crippen molar-refractivity contribution < 1.29 is 47.9 Å². The monoisotopic (exact) mass is 753 g/mol. The molecule has 0 aliphatic heterocycles. The first kappa shape index (κ1) is 52.2. The molecular formula is C40H83NO9P+. The van der Waals surface area contributed by atoms with Crippen LogP contribution in [0.5, 0.6) is 0 Å². The zero-order chi connectivity index (χ0) is 38.6. The molecule has 51 heavy (non-hydrogen) atoms. The van der Waals surface area contributed by atoms with Crippen LogP contribution in [0.1, 0.15) is 194 Å². The van der Waals surface area contributed by atoms with E-state index in [4.69, 9.17) is 14.5 Å². The van der Waals surface area contributed by atoms with Crippen LogP contribution in [0.25, 0.3) is 0 Å². The predicted molar refractivity (Wildman–Crippen MR) is 209 cm³/mol. The maximum Gasteiger partial charge on any atom is 0.469 e. The summed E-state index contributed by atoms with van der Waals surface area (Å²) in [5.74, 6) is -0.720. The highest BCUT2D eigenvalue weighted by Gasteiger charge is 2.29. The maximum atomic E-state index is 12.6. The minimum absolute atomic E-state index is 0.0772. The van der Waals surface area contributed by atoms with Gasteiger partial charge in [0.2, 0.25) is 0 Å². The van der Waals surface area contributed by atoms with Crippen molar-refractivity contribution in [1.29, 1.82) is 0 Å². The Kier molecular flexibility index (Phi) is 37.0. The van der Waals surface area contributed by atoms with Crippen molar-refractivity contribution in [1.82, 2.24) is 0 Å². The summed E-state index contributed by atoms with van der Waals surface area (Å²) in [4.78, 5) is 41.5. The number of esters is 1. The van der Waals surface area contributed by atoms with E-state index >= 15 is 0 Å². The topological polar surface area (TPSA) is 151 Å². The molecule has 306 valence electrons. The zero-order valence-electron chi connectivity index (χ0n) is 33.8. The molecule has 0 spiro atoms. The molecular weight excluding hydrogens is 669 g/mol. The van der Waals surface area contributed by atoms with Gasteiger partial charge in [-0.1, -0.05) is 168 Å². The number of hydrogen-bond donors (Lipinski definition) is 4. The van der Waals surface area contributed by atoms with Gasteiger partial charge >= 0.3 is 13.8 Å². The van der Waals surface area contributed by atoms with Gasteiger partial charge in [0.15, 0.2) is 11.9 Å². The number of ketones is 1. The average Bonchev–Trinajstić information content (AvgIpc) is 3.06. The summed E-state index contributed by atoms with van der Waals surface area (Å²) in [7, 11) is 1.50. The fourth-order valence-corrected chi connectivity index (χ4v) is 6.15. The molecule has 0 rings (SSSR count). The number of aliphatic hydroxyl groups excluding tert-OH is 2. The Morgan fingerprint density at radius 3 is 1.24 bits per heavy atom. The molecule has 11 heteroatoms. The number of phosphoric acid groups is 1. The fraction of sp³-hybridized carbons (Fsp3) is 0.950. The largest absolute Gasteiger partial charge is 0.469 e. The molecule has 0 heterocycles. The molecule has 0 aliphatic carbocycles. The SMILES string of the molecule is CCCCCCCCCCCCCCCC(=O)OC(C(=O)CCCCCCCCCCCCCCC)C(O)CO.C[N+](C)(C)CCOP(=O)(O)O. The molecule has 0 saturated carbocycles. The summed E-state index contributed by atoms with van der Waals surface area (Å²) in [6.07, 6.45) is 30.1. The first-order valence-electron chi connectivity index (χ1n) is 20.8. The molecule has 0 aromatic carbocycles. The summed E-state index contributed by atoms with van der Waals surface area (Å²) in [6, 6.07) is 0. The van der Waals surface area contributed by atoms with Crippen LogP contribution in [0, 0.1) is 0 Å². The van der Waals surface area contributed by atoms with E-state index in [1.54, 1.807) is 0 Å². The van der Waals surface area contributed by atoms with Crippen LogP contribution >= 0.6 is 7.82 Å². The van der Waals surface area contributed by atoms with Gasteiger partial charge in [-0.15, -0.1) is 0 Å². The number of unbranched alkanes of at least 4 members (excludes halogenated alkanes) is 24. The van der Waals surface area contributed by atoms with Crippen LogP contribution in [0.3, 0.4) is 0 Å². The lowest BCUT2D eigenvalue weighted by Gasteiger charge is -2.23. The van der Waals surface area contributed by atoms with Crippen LogP contribution in [0.15, 0.2) is 0 Å². The molecule has 0 amide bonds. The molecule has 0 saturated heterocycles. The molecule has 10 nitrogen and oxygen atoms in total. The molecule has 0 bridgehead atoms. The number of hydrogen-bond acceptors (Lipinski definition) is 7. The smallest absolute Gasteiger partial charge is 0.451 e. The maximum absolute atomic E-state index is 12.6. The number of quaternary nitrogens is 1. The van der Waals surface area contributed by atoms with E-state index in [-0.39, 0.29) is 25.2 Å². The van der Waals surface area contributed by atoms with E-state index in [1.165, 1.54) is 128 Å². The van der Waals surface area contributed by atoms with Gasteiger partial charge in [-0.2, -0.15) is 0 Å². The lowest BCUT2D eigenvalue weighted by atomic mass is 10.0. The number of aliphatic hydroxyl groups is 2. The molecule has 0 radical (unpaired) electrons. The van der Waals surface area contributed by atoms with E-state index in [9.17, 15) is 24.4 Å². The van der Waals surface area contributed by atoms with Gasteiger partial charge in [-0.05, 0) is 12.8 Å². The Hall–Kier alpha value is -0.870. The molecule has 0 aliphatic rings. The Bertz CT molecular complexity index is 831. The normalized spacial score (nSPS) is 13.0. The van der Waals surface area contributed by atoms with Crippen LogP contribution in [-0.2, 0) is 23.4 Å². The van der Waals surface area contributed by atoms with E-state index in [2.05, 4.69) is 18.4 Å². The third-order valence-corrected chi connectivity index (χ3v) is 9.66. The van der Waals surface area contributed by atoms with Crippen molar-refractivity contribution >= 4 is 19.6 Å². The summed E-state index contributed by atoms with van der Waals surface area (Å²) < 4.78 is 20.4. The number of carbonyl (C=O) groups excluding carboxylic acids is 2. The highest BCUT2D eigenvalue weighted by atomic mass is 31.2. The third kappa shape index (κ3) is 41.7. The zero-order valence-corrected chi connectivity index (χ0v) is 34.7. The van der Waals surface area contributed by atoms with Crippen LogP contribution in [0.4, 0.5) is 0 Å². The fourth-order valence-electron chi connectivity index (χ4n) is 5.84. The van der Waals surface area contributed by atoms with Gasteiger partial charge in [0.05, 0.1) is 27.7 Å². The molecule has 0 fully saturated rings. The summed E-state index contributed by atoms with van der Waals surface area (Å²) in [5, 5.41) is 19.4. The molecule has 0 aromatic heterocycles. The van der Waals surface area contributed by atoms with Gasteiger partial charge in [0, 0.05) is 12.8 Å². The Labute approximate surface area is 313 Å². The number of likely N-dealkylation sites (N-methyl/N-ethyl adjacent to an activating group) is 1. The van der Waals surface area contributed by atoms with Crippen molar-refractivity contribution in [2.45, 2.75) is 206 Å². The average molecular weight is 753 g/mol. The standard InChI is InChI=1S/C35H68O5.C5H14NO4P/c1-3-5-7-9-11-13-15-17-19-21-23-25-27-29-32(37)35(33(38)31-36)40-34(39)30-28-26-24-22-20-18-16-14-12-10-8-6-4-2;1-6(2,3)4-5-10-11(7,8)9/h33,35-36,38H,3-31H2,1-2H3;4-5H2,1-3H3,(H-,7,8,9)/p+1. The van der Waals surface area contributed by atoms with E-state index in [1.807, 2.05) is 21.1 Å². The van der Waals surface area contributed by atoms with Crippen LogP contribution < -0.4 is 0 Å². The first-order chi connectivity index (χ1) is 24.3. The van der Waals surface area contributed by atoms with Gasteiger partial charge < -0.3 is 29.2 Å². The van der Waals surface area contributed by atoms with Crippen molar-refractivity contribution in [3.63, 3.8) is 0 Å². The predicted octanol–water partition coefficient (Wildman–Crippen LogP) is 9.58. The number of nitrogens with zero attached hydrogens (tertiary/aromatic N) is 1. The second kappa shape index (κ2) is 36.1. The second-order valence-electron chi connectivity index (χ2n) is 15.4. The highest BCUT2D eigenvalue weighted by molar-refractivity contribution is 7.46. The van der Waals surface area contributed by atoms with Crippen molar-refractivity contribution in [3.8, 4) is 0 Å². The van der Waals surface area contributed by atoms with E-state index in [0.29, 0.717) is 11.0 Å². The molecule has 0 aromatic rings. The minimum Gasteiger partial charge on any atom is -0.451 e. The minimum atomic E-state index is -4.26. The quantitative estimate of drug-likeness (QED) is 0.0212. The van der Waals surface area contributed by atoms with Crippen LogP contribution in [-0.4, -0.2) is 89.3 Å². The lowest BCUT2D eigenvalue weighted by Crippen LogP contribution is -2.40. The van der Waals surface area contributed by atoms with Crippen LogP contribution in [0.2, 0.25) is 0 Å². The number of rotatable bonds is 36. The van der Waals surface area contributed by atoms with Gasteiger partial charge in [0.1, 0.15) is 19.3 Å².